The Hall–Kier alpha value is -5.40. The first-order chi connectivity index (χ1) is 22.8. The summed E-state index contributed by atoms with van der Waals surface area (Å²) in [6, 6.07) is 49.9. The molecule has 224 valence electrons. The maximum absolute atomic E-state index is 3.79. The normalized spacial score (nSPS) is 15.1. The summed E-state index contributed by atoms with van der Waals surface area (Å²) >= 11 is 0. The van der Waals surface area contributed by atoms with Gasteiger partial charge in [-0.25, -0.2) is 0 Å². The van der Waals surface area contributed by atoms with Crippen LogP contribution in [-0.4, -0.2) is 0 Å². The Morgan fingerprint density at radius 2 is 0.872 bits per heavy atom. The molecule has 10 rings (SSSR count). The van der Waals surface area contributed by atoms with Crippen LogP contribution in [-0.2, 0) is 10.8 Å². The Bertz CT molecular complexity index is 2620. The fraction of sp³-hybridized carbons (Fsp3) is 0.130. The van der Waals surface area contributed by atoms with Crippen LogP contribution in [0.1, 0.15) is 49.9 Å². The first-order valence-electron chi connectivity index (χ1n) is 16.8. The highest BCUT2D eigenvalue weighted by Crippen LogP contribution is 2.57. The average molecular weight is 602 g/mol. The van der Waals surface area contributed by atoms with Gasteiger partial charge in [0.05, 0.1) is 0 Å². The summed E-state index contributed by atoms with van der Waals surface area (Å²) in [6.07, 6.45) is 0. The van der Waals surface area contributed by atoms with Crippen LogP contribution in [0.4, 0.5) is 11.4 Å². The van der Waals surface area contributed by atoms with Crippen LogP contribution in [0.3, 0.4) is 0 Å². The third kappa shape index (κ3) is 3.55. The molecule has 1 heteroatoms. The highest BCUT2D eigenvalue weighted by Gasteiger charge is 2.42. The Morgan fingerprint density at radius 3 is 1.60 bits per heavy atom. The molecule has 0 unspecified atom stereocenters. The zero-order valence-corrected chi connectivity index (χ0v) is 27.2. The highest BCUT2D eigenvalue weighted by molar-refractivity contribution is 6.25. The second-order valence-corrected chi connectivity index (χ2v) is 14.6. The molecule has 0 fully saturated rings. The van der Waals surface area contributed by atoms with Gasteiger partial charge >= 0.3 is 0 Å². The second-order valence-electron chi connectivity index (χ2n) is 14.6. The summed E-state index contributed by atoms with van der Waals surface area (Å²) in [4.78, 5) is 0. The van der Waals surface area contributed by atoms with Crippen LogP contribution in [0.25, 0.3) is 65.3 Å². The third-order valence-electron chi connectivity index (χ3n) is 11.4. The molecule has 1 nitrogen and oxygen atoms in total. The molecule has 2 aliphatic rings. The lowest BCUT2D eigenvalue weighted by Crippen LogP contribution is -2.17. The molecule has 0 aromatic heterocycles. The minimum atomic E-state index is -0.118. The van der Waals surface area contributed by atoms with Crippen LogP contribution in [0.15, 0.2) is 133 Å². The molecule has 2 aliphatic carbocycles. The first kappa shape index (κ1) is 26.8. The molecule has 8 aromatic carbocycles. The number of fused-ring (bicyclic) bond motifs is 14. The zero-order valence-electron chi connectivity index (χ0n) is 27.2. The molecule has 0 saturated heterocycles. The van der Waals surface area contributed by atoms with Gasteiger partial charge in [-0.1, -0.05) is 125 Å². The summed E-state index contributed by atoms with van der Waals surface area (Å²) in [5.74, 6) is 0. The summed E-state index contributed by atoms with van der Waals surface area (Å²) in [5, 5.41) is 14.2. The van der Waals surface area contributed by atoms with Gasteiger partial charge < -0.3 is 5.32 Å². The lowest BCUT2D eigenvalue weighted by atomic mass is 9.79. The second kappa shape index (κ2) is 9.11. The minimum Gasteiger partial charge on any atom is -0.355 e. The van der Waals surface area contributed by atoms with E-state index < -0.39 is 0 Å². The molecule has 0 saturated carbocycles. The summed E-state index contributed by atoms with van der Waals surface area (Å²) in [7, 11) is 0. The van der Waals surface area contributed by atoms with Crippen LogP contribution in [0.5, 0.6) is 0 Å². The molecule has 0 heterocycles. The minimum absolute atomic E-state index is 0.0519. The standard InChI is InChI=1S/C46H35N/c1-45(2)40-22-17-27-11-5-6-12-30(27)44(40)39-26-42-38(25-43(39)45)36-21-19-29(24-41(36)46(42,3)4)47-28-18-20-35-33-15-8-7-13-31(33)32-14-9-10-16-34(32)37(35)23-28/h5-26,47H,1-4H3. The van der Waals surface area contributed by atoms with E-state index in [1.54, 1.807) is 0 Å². The Morgan fingerprint density at radius 1 is 0.362 bits per heavy atom. The van der Waals surface area contributed by atoms with Crippen molar-refractivity contribution in [3.8, 4) is 22.3 Å². The molecular formula is C46H35N. The van der Waals surface area contributed by atoms with Crippen LogP contribution < -0.4 is 5.32 Å². The first-order valence-corrected chi connectivity index (χ1v) is 16.8. The van der Waals surface area contributed by atoms with Gasteiger partial charge in [0.15, 0.2) is 0 Å². The van der Waals surface area contributed by atoms with Gasteiger partial charge in [-0.15, -0.1) is 0 Å². The lowest BCUT2D eigenvalue weighted by Gasteiger charge is -2.24. The van der Waals surface area contributed by atoms with Crippen LogP contribution in [0.2, 0.25) is 0 Å². The van der Waals surface area contributed by atoms with E-state index in [4.69, 9.17) is 0 Å². The predicted octanol–water partition coefficient (Wildman–Crippen LogP) is 12.7. The van der Waals surface area contributed by atoms with Crippen molar-refractivity contribution in [1.29, 1.82) is 0 Å². The monoisotopic (exact) mass is 601 g/mol. The third-order valence-corrected chi connectivity index (χ3v) is 11.4. The number of hydrogen-bond donors (Lipinski definition) is 1. The van der Waals surface area contributed by atoms with Gasteiger partial charge in [-0.3, -0.25) is 0 Å². The number of anilines is 2. The van der Waals surface area contributed by atoms with Gasteiger partial charge in [0, 0.05) is 22.2 Å². The van der Waals surface area contributed by atoms with Crippen LogP contribution >= 0.6 is 0 Å². The molecule has 0 amide bonds. The number of benzene rings is 8. The molecule has 0 radical (unpaired) electrons. The predicted molar refractivity (Wildman–Crippen MR) is 201 cm³/mol. The van der Waals surface area contributed by atoms with E-state index in [1.807, 2.05) is 0 Å². The maximum Gasteiger partial charge on any atom is 0.0390 e. The summed E-state index contributed by atoms with van der Waals surface area (Å²) < 4.78 is 0. The Kier molecular flexibility index (Phi) is 5.19. The van der Waals surface area contributed by atoms with E-state index in [0.29, 0.717) is 0 Å². The highest BCUT2D eigenvalue weighted by atomic mass is 14.9. The smallest absolute Gasteiger partial charge is 0.0390 e. The van der Waals surface area contributed by atoms with E-state index >= 15 is 0 Å². The molecular weight excluding hydrogens is 567 g/mol. The van der Waals surface area contributed by atoms with Gasteiger partial charge in [-0.2, -0.15) is 0 Å². The number of nitrogens with one attached hydrogen (secondary N) is 1. The van der Waals surface area contributed by atoms with E-state index in [2.05, 4.69) is 166 Å². The summed E-state index contributed by atoms with van der Waals surface area (Å²) in [6.45, 7) is 9.57. The quantitative estimate of drug-likeness (QED) is 0.194. The molecule has 1 N–H and O–H groups in total. The van der Waals surface area contributed by atoms with Crippen molar-refractivity contribution in [2.75, 3.05) is 5.32 Å². The Labute approximate surface area is 275 Å². The molecule has 0 bridgehead atoms. The average Bonchev–Trinajstić information content (AvgIpc) is 3.46. The van der Waals surface area contributed by atoms with Gasteiger partial charge in [-0.05, 0) is 124 Å². The van der Waals surface area contributed by atoms with E-state index in [1.165, 1.54) is 87.6 Å². The molecule has 8 aromatic rings. The molecule has 0 atom stereocenters. The maximum atomic E-state index is 3.79. The van der Waals surface area contributed by atoms with Crippen molar-refractivity contribution in [1.82, 2.24) is 0 Å². The van der Waals surface area contributed by atoms with Gasteiger partial charge in [0.25, 0.3) is 0 Å². The van der Waals surface area contributed by atoms with E-state index in [9.17, 15) is 0 Å². The van der Waals surface area contributed by atoms with Crippen molar-refractivity contribution >= 4 is 54.5 Å². The zero-order chi connectivity index (χ0) is 31.7. The van der Waals surface area contributed by atoms with Crippen molar-refractivity contribution in [2.45, 2.75) is 38.5 Å². The fourth-order valence-corrected chi connectivity index (χ4v) is 8.96. The molecule has 47 heavy (non-hydrogen) atoms. The molecule has 0 aliphatic heterocycles. The van der Waals surface area contributed by atoms with Crippen molar-refractivity contribution < 1.29 is 0 Å². The summed E-state index contributed by atoms with van der Waals surface area (Å²) in [5.41, 5.74) is 13.3. The van der Waals surface area contributed by atoms with Crippen molar-refractivity contribution in [3.05, 3.63) is 156 Å². The topological polar surface area (TPSA) is 12.0 Å². The number of hydrogen-bond acceptors (Lipinski definition) is 1. The Balaban J connectivity index is 1.08. The van der Waals surface area contributed by atoms with Crippen molar-refractivity contribution in [2.24, 2.45) is 0 Å². The van der Waals surface area contributed by atoms with Gasteiger partial charge in [0.1, 0.15) is 0 Å². The molecule has 0 spiro atoms. The van der Waals surface area contributed by atoms with Crippen molar-refractivity contribution in [3.63, 3.8) is 0 Å². The van der Waals surface area contributed by atoms with Gasteiger partial charge in [0.2, 0.25) is 0 Å². The van der Waals surface area contributed by atoms with Crippen LogP contribution in [0, 0.1) is 0 Å². The number of rotatable bonds is 2. The lowest BCUT2D eigenvalue weighted by molar-refractivity contribution is 0.652. The SMILES string of the molecule is CC1(C)c2cc(Nc3ccc4c5ccccc5c5ccccc5c4c3)ccc2-c2cc3c(cc21)-c1c(ccc2ccccc12)C3(C)C. The van der Waals surface area contributed by atoms with E-state index in [0.717, 1.165) is 11.4 Å². The fourth-order valence-electron chi connectivity index (χ4n) is 8.96. The van der Waals surface area contributed by atoms with E-state index in [-0.39, 0.29) is 10.8 Å². The largest absolute Gasteiger partial charge is 0.355 e.